The molecule has 0 spiro atoms. The molecular formula is C15H19NO2. The lowest BCUT2D eigenvalue weighted by Gasteiger charge is -2.10. The third-order valence-electron chi connectivity index (χ3n) is 2.00. The van der Waals surface area contributed by atoms with E-state index in [2.05, 4.69) is 18.2 Å². The molecule has 0 bridgehead atoms. The van der Waals surface area contributed by atoms with Crippen LogP contribution in [0, 0.1) is 0 Å². The van der Waals surface area contributed by atoms with E-state index in [1.807, 2.05) is 32.0 Å². The van der Waals surface area contributed by atoms with Crippen molar-refractivity contribution in [2.24, 2.45) is 4.99 Å². The van der Waals surface area contributed by atoms with Crippen LogP contribution in [-0.4, -0.2) is 18.9 Å². The lowest BCUT2D eigenvalue weighted by atomic mass is 10.2. The number of aliphatic imine (C=N–C) groups is 1. The molecule has 3 heteroatoms. The highest BCUT2D eigenvalue weighted by Gasteiger charge is 2.05. The first-order valence-electron chi connectivity index (χ1n) is 5.80. The Morgan fingerprint density at radius 3 is 2.44 bits per heavy atom. The van der Waals surface area contributed by atoms with Crippen molar-refractivity contribution in [3.05, 3.63) is 43.5 Å². The van der Waals surface area contributed by atoms with Gasteiger partial charge in [0.15, 0.2) is 0 Å². The van der Waals surface area contributed by atoms with E-state index in [0.717, 1.165) is 17.1 Å². The molecule has 0 N–H and O–H groups in total. The second kappa shape index (κ2) is 7.33. The van der Waals surface area contributed by atoms with Gasteiger partial charge in [-0.25, -0.2) is 0 Å². The number of benzene rings is 1. The highest BCUT2D eigenvalue weighted by atomic mass is 16.5. The van der Waals surface area contributed by atoms with Gasteiger partial charge in [0.05, 0.1) is 0 Å². The topological polar surface area (TPSA) is 30.8 Å². The Morgan fingerprint density at radius 2 is 1.83 bits per heavy atom. The molecule has 0 aliphatic carbocycles. The highest BCUT2D eigenvalue weighted by molar-refractivity contribution is 5.83. The molecule has 0 atom stereocenters. The van der Waals surface area contributed by atoms with E-state index in [1.54, 1.807) is 12.2 Å². The smallest absolute Gasteiger partial charge is 0.149 e. The zero-order valence-corrected chi connectivity index (χ0v) is 11.0. The van der Waals surface area contributed by atoms with Gasteiger partial charge < -0.3 is 9.47 Å². The molecule has 0 amide bonds. The Balaban J connectivity index is 2.99. The monoisotopic (exact) mass is 245 g/mol. The summed E-state index contributed by atoms with van der Waals surface area (Å²) in [5.74, 6) is 1.43. The van der Waals surface area contributed by atoms with Crippen LogP contribution in [0.4, 0.5) is 5.69 Å². The lowest BCUT2D eigenvalue weighted by molar-refractivity contribution is 0.346. The third-order valence-corrected chi connectivity index (χ3v) is 2.00. The summed E-state index contributed by atoms with van der Waals surface area (Å²) in [7, 11) is 0. The van der Waals surface area contributed by atoms with Gasteiger partial charge >= 0.3 is 0 Å². The first kappa shape index (κ1) is 14.0. The van der Waals surface area contributed by atoms with E-state index < -0.39 is 0 Å². The average Bonchev–Trinajstić information content (AvgIpc) is 2.35. The summed E-state index contributed by atoms with van der Waals surface area (Å²) in [5.41, 5.74) is 1.76. The Bertz CT molecular complexity index is 446. The summed E-state index contributed by atoms with van der Waals surface area (Å²) in [6, 6.07) is 5.57. The van der Waals surface area contributed by atoms with Gasteiger partial charge in [0.25, 0.3) is 0 Å². The van der Waals surface area contributed by atoms with Crippen LogP contribution in [0.2, 0.25) is 0 Å². The first-order chi connectivity index (χ1) is 8.67. The molecular weight excluding hydrogens is 226 g/mol. The van der Waals surface area contributed by atoms with Crippen molar-refractivity contribution in [1.82, 2.24) is 0 Å². The van der Waals surface area contributed by atoms with Crippen LogP contribution in [0.25, 0.3) is 0 Å². The summed E-state index contributed by atoms with van der Waals surface area (Å²) in [5, 5.41) is 0. The molecule has 96 valence electrons. The van der Waals surface area contributed by atoms with Crippen LogP contribution in [0.5, 0.6) is 11.5 Å². The summed E-state index contributed by atoms with van der Waals surface area (Å²) in [4.78, 5) is 4.42. The number of hydrogen-bond donors (Lipinski definition) is 0. The second-order valence-electron chi connectivity index (χ2n) is 3.89. The van der Waals surface area contributed by atoms with E-state index in [1.165, 1.54) is 0 Å². The SMILES string of the molecule is C=CCOc1ccc(N=C(C)C)c(OCC=C)c1. The molecule has 1 aromatic carbocycles. The minimum Gasteiger partial charge on any atom is -0.489 e. The van der Waals surface area contributed by atoms with Gasteiger partial charge in [-0.3, -0.25) is 4.99 Å². The predicted molar refractivity (Wildman–Crippen MR) is 76.3 cm³/mol. The standard InChI is InChI=1S/C15H19NO2/c1-5-9-17-13-7-8-14(16-12(3)4)15(11-13)18-10-6-2/h5-8,11H,1-2,9-10H2,3-4H3. The van der Waals surface area contributed by atoms with Gasteiger partial charge in [-0.2, -0.15) is 0 Å². The number of nitrogens with zero attached hydrogens (tertiary/aromatic N) is 1. The maximum Gasteiger partial charge on any atom is 0.149 e. The number of hydrogen-bond acceptors (Lipinski definition) is 3. The molecule has 0 aliphatic rings. The third kappa shape index (κ3) is 4.45. The molecule has 0 saturated carbocycles. The fraction of sp³-hybridized carbons (Fsp3) is 0.267. The molecule has 0 saturated heterocycles. The van der Waals surface area contributed by atoms with Crippen molar-refractivity contribution in [2.45, 2.75) is 13.8 Å². The summed E-state index contributed by atoms with van der Waals surface area (Å²) in [6.45, 7) is 12.0. The molecule has 0 aromatic heterocycles. The zero-order valence-electron chi connectivity index (χ0n) is 11.0. The number of rotatable bonds is 7. The fourth-order valence-corrected chi connectivity index (χ4v) is 1.34. The zero-order chi connectivity index (χ0) is 13.4. The maximum absolute atomic E-state index is 5.58. The molecule has 0 aliphatic heterocycles. The van der Waals surface area contributed by atoms with E-state index in [9.17, 15) is 0 Å². The van der Waals surface area contributed by atoms with Gasteiger partial charge in [0.2, 0.25) is 0 Å². The van der Waals surface area contributed by atoms with Crippen molar-refractivity contribution in [3.8, 4) is 11.5 Å². The Morgan fingerprint density at radius 1 is 1.17 bits per heavy atom. The molecule has 0 fully saturated rings. The van der Waals surface area contributed by atoms with Gasteiger partial charge in [0.1, 0.15) is 30.4 Å². The summed E-state index contributed by atoms with van der Waals surface area (Å²) < 4.78 is 11.0. The Kier molecular flexibility index (Phi) is 5.71. The van der Waals surface area contributed by atoms with Crippen molar-refractivity contribution < 1.29 is 9.47 Å². The molecule has 1 rings (SSSR count). The Labute approximate surface area is 108 Å². The van der Waals surface area contributed by atoms with Crippen LogP contribution in [0.15, 0.2) is 48.5 Å². The first-order valence-corrected chi connectivity index (χ1v) is 5.80. The highest BCUT2D eigenvalue weighted by Crippen LogP contribution is 2.32. The molecule has 1 aromatic rings. The van der Waals surface area contributed by atoms with E-state index >= 15 is 0 Å². The molecule has 3 nitrogen and oxygen atoms in total. The van der Waals surface area contributed by atoms with Crippen LogP contribution in [-0.2, 0) is 0 Å². The molecule has 0 radical (unpaired) electrons. The van der Waals surface area contributed by atoms with Gasteiger partial charge in [-0.05, 0) is 26.0 Å². The largest absolute Gasteiger partial charge is 0.489 e. The molecule has 0 heterocycles. The van der Waals surface area contributed by atoms with Crippen molar-refractivity contribution >= 4 is 11.4 Å². The minimum absolute atomic E-state index is 0.441. The van der Waals surface area contributed by atoms with Crippen LogP contribution in [0.3, 0.4) is 0 Å². The van der Waals surface area contributed by atoms with Gasteiger partial charge in [0, 0.05) is 11.8 Å². The summed E-state index contributed by atoms with van der Waals surface area (Å²) >= 11 is 0. The normalized spacial score (nSPS) is 9.44. The second-order valence-corrected chi connectivity index (χ2v) is 3.89. The maximum atomic E-state index is 5.58. The lowest BCUT2D eigenvalue weighted by Crippen LogP contribution is -1.96. The Hall–Kier alpha value is -2.03. The number of ether oxygens (including phenoxy) is 2. The van der Waals surface area contributed by atoms with Crippen LogP contribution < -0.4 is 9.47 Å². The van der Waals surface area contributed by atoms with Crippen molar-refractivity contribution in [3.63, 3.8) is 0 Å². The van der Waals surface area contributed by atoms with E-state index in [0.29, 0.717) is 19.0 Å². The van der Waals surface area contributed by atoms with E-state index in [4.69, 9.17) is 9.47 Å². The minimum atomic E-state index is 0.441. The van der Waals surface area contributed by atoms with Crippen LogP contribution in [0.1, 0.15) is 13.8 Å². The molecule has 18 heavy (non-hydrogen) atoms. The van der Waals surface area contributed by atoms with Gasteiger partial charge in [-0.15, -0.1) is 0 Å². The quantitative estimate of drug-likeness (QED) is 0.538. The van der Waals surface area contributed by atoms with Crippen molar-refractivity contribution in [2.75, 3.05) is 13.2 Å². The fourth-order valence-electron chi connectivity index (χ4n) is 1.34. The van der Waals surface area contributed by atoms with Crippen LogP contribution >= 0.6 is 0 Å². The summed E-state index contributed by atoms with van der Waals surface area (Å²) in [6.07, 6.45) is 3.40. The molecule has 0 unspecified atom stereocenters. The average molecular weight is 245 g/mol. The predicted octanol–water partition coefficient (Wildman–Crippen LogP) is 3.93. The van der Waals surface area contributed by atoms with Gasteiger partial charge in [-0.1, -0.05) is 25.3 Å². The van der Waals surface area contributed by atoms with Crippen molar-refractivity contribution in [1.29, 1.82) is 0 Å². The van der Waals surface area contributed by atoms with E-state index in [-0.39, 0.29) is 0 Å².